The normalized spacial score (nSPS) is 10.7. The van der Waals surface area contributed by atoms with Crippen molar-refractivity contribution in [2.45, 2.75) is 12.8 Å². The van der Waals surface area contributed by atoms with E-state index in [9.17, 15) is 4.79 Å². The van der Waals surface area contributed by atoms with E-state index in [2.05, 4.69) is 20.3 Å². The molecule has 1 N–H and O–H groups in total. The molecule has 0 radical (unpaired) electrons. The average molecular weight is 405 g/mol. The second kappa shape index (κ2) is 8.67. The summed E-state index contributed by atoms with van der Waals surface area (Å²) >= 11 is 6.17. The standard InChI is InChI=1S/C22H17ClN4O2/c23-18-9-5-4-8-17(18)19-14-24-21(29-19)11-10-20(28)27-16-12-25-22(26-13-16)15-6-2-1-3-7-15/h1-9,12-14H,10-11H2,(H,27,28). The van der Waals surface area contributed by atoms with Gasteiger partial charge in [-0.2, -0.15) is 0 Å². The first-order chi connectivity index (χ1) is 14.2. The van der Waals surface area contributed by atoms with Crippen molar-refractivity contribution >= 4 is 23.2 Å². The quantitative estimate of drug-likeness (QED) is 0.487. The molecule has 0 spiro atoms. The Bertz CT molecular complexity index is 1110. The molecule has 1 amide bonds. The Morgan fingerprint density at radius 2 is 1.66 bits per heavy atom. The molecule has 7 heteroatoms. The molecule has 4 aromatic rings. The summed E-state index contributed by atoms with van der Waals surface area (Å²) in [7, 11) is 0. The Morgan fingerprint density at radius 3 is 2.41 bits per heavy atom. The fraction of sp³-hybridized carbons (Fsp3) is 0.0909. The summed E-state index contributed by atoms with van der Waals surface area (Å²) in [4.78, 5) is 25.0. The summed E-state index contributed by atoms with van der Waals surface area (Å²) in [6.45, 7) is 0. The molecule has 0 saturated carbocycles. The molecule has 0 fully saturated rings. The van der Waals surface area contributed by atoms with Gasteiger partial charge in [0.1, 0.15) is 0 Å². The summed E-state index contributed by atoms with van der Waals surface area (Å²) in [5.41, 5.74) is 2.23. The first-order valence-corrected chi connectivity index (χ1v) is 9.44. The zero-order valence-electron chi connectivity index (χ0n) is 15.4. The number of rotatable bonds is 6. The summed E-state index contributed by atoms with van der Waals surface area (Å²) in [6.07, 6.45) is 5.40. The van der Waals surface area contributed by atoms with Crippen LogP contribution in [0.3, 0.4) is 0 Å². The highest BCUT2D eigenvalue weighted by atomic mass is 35.5. The van der Waals surface area contributed by atoms with Crippen LogP contribution in [0.15, 0.2) is 77.6 Å². The Hall–Kier alpha value is -3.51. The number of hydrogen-bond acceptors (Lipinski definition) is 5. The van der Waals surface area contributed by atoms with Crippen molar-refractivity contribution < 1.29 is 9.21 Å². The van der Waals surface area contributed by atoms with Crippen LogP contribution in [0.1, 0.15) is 12.3 Å². The fourth-order valence-electron chi connectivity index (χ4n) is 2.78. The lowest BCUT2D eigenvalue weighted by Crippen LogP contribution is -2.13. The largest absolute Gasteiger partial charge is 0.441 e. The highest BCUT2D eigenvalue weighted by molar-refractivity contribution is 6.33. The maximum atomic E-state index is 12.2. The summed E-state index contributed by atoms with van der Waals surface area (Å²) in [5, 5.41) is 3.37. The third-order valence-electron chi connectivity index (χ3n) is 4.23. The molecule has 0 unspecified atom stereocenters. The second-order valence-corrected chi connectivity index (χ2v) is 6.71. The third-order valence-corrected chi connectivity index (χ3v) is 4.56. The monoisotopic (exact) mass is 404 g/mol. The van der Waals surface area contributed by atoms with E-state index in [-0.39, 0.29) is 12.3 Å². The number of aryl methyl sites for hydroxylation is 1. The SMILES string of the molecule is O=C(CCc1ncc(-c2ccccc2Cl)o1)Nc1cnc(-c2ccccc2)nc1. The number of halogens is 1. The Balaban J connectivity index is 1.33. The number of oxazole rings is 1. The Kier molecular flexibility index (Phi) is 5.63. The topological polar surface area (TPSA) is 80.9 Å². The van der Waals surface area contributed by atoms with Crippen LogP contribution in [0.2, 0.25) is 5.02 Å². The molecule has 144 valence electrons. The lowest BCUT2D eigenvalue weighted by molar-refractivity contribution is -0.116. The number of hydrogen-bond donors (Lipinski definition) is 1. The number of carbonyl (C=O) groups excluding carboxylic acids is 1. The van der Waals surface area contributed by atoms with Crippen molar-refractivity contribution in [3.63, 3.8) is 0 Å². The van der Waals surface area contributed by atoms with Crippen LogP contribution in [0.4, 0.5) is 5.69 Å². The molecule has 0 aliphatic carbocycles. The van der Waals surface area contributed by atoms with Gasteiger partial charge in [-0.1, -0.05) is 54.1 Å². The van der Waals surface area contributed by atoms with E-state index in [1.54, 1.807) is 24.7 Å². The number of aromatic nitrogens is 3. The molecule has 29 heavy (non-hydrogen) atoms. The van der Waals surface area contributed by atoms with Gasteiger partial charge in [-0.3, -0.25) is 4.79 Å². The van der Waals surface area contributed by atoms with Gasteiger partial charge in [-0.15, -0.1) is 0 Å². The third kappa shape index (κ3) is 4.67. The number of amides is 1. The van der Waals surface area contributed by atoms with Gasteiger partial charge in [0.25, 0.3) is 0 Å². The van der Waals surface area contributed by atoms with Crippen molar-refractivity contribution in [2.24, 2.45) is 0 Å². The maximum Gasteiger partial charge on any atom is 0.224 e. The zero-order chi connectivity index (χ0) is 20.1. The molecular weight excluding hydrogens is 388 g/mol. The van der Waals surface area contributed by atoms with Gasteiger partial charge in [-0.25, -0.2) is 15.0 Å². The molecule has 0 saturated heterocycles. The van der Waals surface area contributed by atoms with Crippen LogP contribution in [0.5, 0.6) is 0 Å². The van der Waals surface area contributed by atoms with Gasteiger partial charge in [0.2, 0.25) is 5.91 Å². The van der Waals surface area contributed by atoms with Crippen LogP contribution < -0.4 is 5.32 Å². The van der Waals surface area contributed by atoms with Crippen molar-refractivity contribution in [3.05, 3.63) is 84.1 Å². The summed E-state index contributed by atoms with van der Waals surface area (Å²) in [6, 6.07) is 17.0. The predicted octanol–water partition coefficient (Wildman–Crippen LogP) is 5.02. The molecule has 0 aliphatic rings. The number of nitrogens with one attached hydrogen (secondary N) is 1. The van der Waals surface area contributed by atoms with Crippen LogP contribution in [0.25, 0.3) is 22.7 Å². The minimum Gasteiger partial charge on any atom is -0.441 e. The number of anilines is 1. The van der Waals surface area contributed by atoms with Crippen LogP contribution in [0, 0.1) is 0 Å². The predicted molar refractivity (Wildman–Crippen MR) is 111 cm³/mol. The molecule has 0 atom stereocenters. The van der Waals surface area contributed by atoms with Crippen molar-refractivity contribution in [1.82, 2.24) is 15.0 Å². The Labute approximate surface area is 172 Å². The molecule has 6 nitrogen and oxygen atoms in total. The number of nitrogens with zero attached hydrogens (tertiary/aromatic N) is 3. The van der Waals surface area contributed by atoms with Crippen LogP contribution in [-0.2, 0) is 11.2 Å². The smallest absolute Gasteiger partial charge is 0.224 e. The lowest BCUT2D eigenvalue weighted by atomic mass is 10.2. The molecular formula is C22H17ClN4O2. The van der Waals surface area contributed by atoms with E-state index in [1.165, 1.54) is 0 Å². The van der Waals surface area contributed by atoms with Gasteiger partial charge in [0.15, 0.2) is 17.5 Å². The minimum atomic E-state index is -0.168. The second-order valence-electron chi connectivity index (χ2n) is 6.31. The molecule has 2 aromatic heterocycles. The van der Waals surface area contributed by atoms with E-state index < -0.39 is 0 Å². The number of carbonyl (C=O) groups is 1. The first-order valence-electron chi connectivity index (χ1n) is 9.06. The minimum absolute atomic E-state index is 0.168. The number of benzene rings is 2. The molecule has 0 bridgehead atoms. The van der Waals surface area contributed by atoms with E-state index in [4.69, 9.17) is 16.0 Å². The van der Waals surface area contributed by atoms with Crippen molar-refractivity contribution in [1.29, 1.82) is 0 Å². The molecule has 2 aromatic carbocycles. The molecule has 0 aliphatic heterocycles. The zero-order valence-corrected chi connectivity index (χ0v) is 16.1. The molecule has 4 rings (SSSR count). The highest BCUT2D eigenvalue weighted by Gasteiger charge is 2.11. The maximum absolute atomic E-state index is 12.2. The van der Waals surface area contributed by atoms with E-state index in [0.29, 0.717) is 34.6 Å². The van der Waals surface area contributed by atoms with Gasteiger partial charge < -0.3 is 9.73 Å². The van der Waals surface area contributed by atoms with Gasteiger partial charge in [0, 0.05) is 24.0 Å². The first kappa shape index (κ1) is 18.8. The lowest BCUT2D eigenvalue weighted by Gasteiger charge is -2.05. The van der Waals surface area contributed by atoms with Gasteiger partial charge in [0.05, 0.1) is 29.3 Å². The summed E-state index contributed by atoms with van der Waals surface area (Å²) in [5.74, 6) is 1.50. The van der Waals surface area contributed by atoms with Gasteiger partial charge >= 0.3 is 0 Å². The van der Waals surface area contributed by atoms with Crippen molar-refractivity contribution in [2.75, 3.05) is 5.32 Å². The van der Waals surface area contributed by atoms with E-state index in [1.807, 2.05) is 48.5 Å². The fourth-order valence-corrected chi connectivity index (χ4v) is 3.01. The molecule has 2 heterocycles. The summed E-state index contributed by atoms with van der Waals surface area (Å²) < 4.78 is 5.72. The highest BCUT2D eigenvalue weighted by Crippen LogP contribution is 2.28. The Morgan fingerprint density at radius 1 is 0.931 bits per heavy atom. The average Bonchev–Trinajstić information content (AvgIpc) is 3.23. The van der Waals surface area contributed by atoms with Crippen molar-refractivity contribution in [3.8, 4) is 22.7 Å². The van der Waals surface area contributed by atoms with E-state index in [0.717, 1.165) is 11.1 Å². The van der Waals surface area contributed by atoms with Gasteiger partial charge in [-0.05, 0) is 12.1 Å². The van der Waals surface area contributed by atoms with Crippen LogP contribution in [-0.4, -0.2) is 20.9 Å². The van der Waals surface area contributed by atoms with E-state index >= 15 is 0 Å². The van der Waals surface area contributed by atoms with Crippen LogP contribution >= 0.6 is 11.6 Å².